The Bertz CT molecular complexity index is 136. The fourth-order valence-electron chi connectivity index (χ4n) is 1.30. The number of epoxide rings is 1. The normalized spacial score (nSPS) is 24.7. The molecule has 0 aromatic carbocycles. The van der Waals surface area contributed by atoms with Gasteiger partial charge in [-0.25, -0.2) is 0 Å². The zero-order valence-electron chi connectivity index (χ0n) is 7.60. The number of hydrogen-bond donors (Lipinski definition) is 0. The van der Waals surface area contributed by atoms with Gasteiger partial charge in [0.15, 0.2) is 0 Å². The molecule has 1 fully saturated rings. The Labute approximate surface area is 69.4 Å². The van der Waals surface area contributed by atoms with Crippen LogP contribution in [0.25, 0.3) is 0 Å². The fraction of sp³-hybridized carbons (Fsp3) is 0.800. The third-order valence-electron chi connectivity index (χ3n) is 2.26. The Morgan fingerprint density at radius 2 is 2.36 bits per heavy atom. The van der Waals surface area contributed by atoms with E-state index in [2.05, 4.69) is 20.4 Å². The number of hydrogen-bond acceptors (Lipinski definition) is 1. The molecule has 2 atom stereocenters. The molecule has 0 aromatic rings. The van der Waals surface area contributed by atoms with Crippen molar-refractivity contribution < 1.29 is 4.74 Å². The lowest BCUT2D eigenvalue weighted by Gasteiger charge is -2.06. The topological polar surface area (TPSA) is 12.5 Å². The second kappa shape index (κ2) is 3.91. The lowest BCUT2D eigenvalue weighted by atomic mass is 10.00. The van der Waals surface area contributed by atoms with Crippen molar-refractivity contribution in [2.45, 2.75) is 39.2 Å². The van der Waals surface area contributed by atoms with Gasteiger partial charge in [0.25, 0.3) is 0 Å². The van der Waals surface area contributed by atoms with Gasteiger partial charge in [-0.3, -0.25) is 0 Å². The Balaban J connectivity index is 1.97. The van der Waals surface area contributed by atoms with Gasteiger partial charge in [-0.15, -0.1) is 6.58 Å². The number of rotatable bonds is 5. The minimum absolute atomic E-state index is 0.583. The van der Waals surface area contributed by atoms with Gasteiger partial charge in [0, 0.05) is 0 Å². The van der Waals surface area contributed by atoms with E-state index in [4.69, 9.17) is 4.74 Å². The van der Waals surface area contributed by atoms with Crippen LogP contribution in [0.2, 0.25) is 0 Å². The molecule has 1 nitrogen and oxygen atoms in total. The molecule has 1 heterocycles. The molecule has 0 aromatic heterocycles. The Morgan fingerprint density at radius 1 is 1.73 bits per heavy atom. The summed E-state index contributed by atoms with van der Waals surface area (Å²) in [6.45, 7) is 9.24. The molecule has 0 radical (unpaired) electrons. The summed E-state index contributed by atoms with van der Waals surface area (Å²) in [4.78, 5) is 0. The number of allylic oxidation sites excluding steroid dienone is 1. The molecule has 0 N–H and O–H groups in total. The summed E-state index contributed by atoms with van der Waals surface area (Å²) < 4.78 is 5.21. The zero-order chi connectivity index (χ0) is 8.27. The molecule has 1 rings (SSSR count). The lowest BCUT2D eigenvalue weighted by Crippen LogP contribution is -2.02. The predicted octanol–water partition coefficient (Wildman–Crippen LogP) is 2.77. The molecule has 0 bridgehead atoms. The Hall–Kier alpha value is -0.300. The molecular weight excluding hydrogens is 136 g/mol. The van der Waals surface area contributed by atoms with Gasteiger partial charge in [0.2, 0.25) is 0 Å². The first kappa shape index (κ1) is 8.79. The van der Waals surface area contributed by atoms with Crippen LogP contribution in [0.4, 0.5) is 0 Å². The molecule has 1 aliphatic heterocycles. The van der Waals surface area contributed by atoms with E-state index in [1.165, 1.54) is 24.8 Å². The maximum Gasteiger partial charge on any atom is 0.0835 e. The molecule has 0 saturated carbocycles. The highest BCUT2D eigenvalue weighted by Crippen LogP contribution is 2.24. The highest BCUT2D eigenvalue weighted by molar-refractivity contribution is 4.88. The van der Waals surface area contributed by atoms with E-state index in [0.29, 0.717) is 6.10 Å². The van der Waals surface area contributed by atoms with Crippen LogP contribution in [0, 0.1) is 5.92 Å². The second-order valence-corrected chi connectivity index (χ2v) is 3.70. The SMILES string of the molecule is C=C(C)CCCC(C)C1CO1. The summed E-state index contributed by atoms with van der Waals surface area (Å²) in [5.41, 5.74) is 1.30. The van der Waals surface area contributed by atoms with Crippen LogP contribution < -0.4 is 0 Å². The van der Waals surface area contributed by atoms with E-state index in [1.54, 1.807) is 0 Å². The van der Waals surface area contributed by atoms with Crippen molar-refractivity contribution in [1.29, 1.82) is 0 Å². The monoisotopic (exact) mass is 154 g/mol. The molecule has 0 amide bonds. The van der Waals surface area contributed by atoms with Gasteiger partial charge in [0.1, 0.15) is 0 Å². The van der Waals surface area contributed by atoms with Gasteiger partial charge in [-0.2, -0.15) is 0 Å². The second-order valence-electron chi connectivity index (χ2n) is 3.70. The minimum atomic E-state index is 0.583. The van der Waals surface area contributed by atoms with E-state index >= 15 is 0 Å². The molecule has 11 heavy (non-hydrogen) atoms. The first-order chi connectivity index (χ1) is 5.20. The Kier molecular flexibility index (Phi) is 3.13. The van der Waals surface area contributed by atoms with Gasteiger partial charge in [0.05, 0.1) is 12.7 Å². The van der Waals surface area contributed by atoms with Crippen LogP contribution in [0.3, 0.4) is 0 Å². The van der Waals surface area contributed by atoms with Crippen LogP contribution in [-0.2, 0) is 4.74 Å². The summed E-state index contributed by atoms with van der Waals surface area (Å²) in [6.07, 6.45) is 4.32. The first-order valence-electron chi connectivity index (χ1n) is 4.46. The molecule has 1 aliphatic rings. The van der Waals surface area contributed by atoms with E-state index in [1.807, 2.05) is 0 Å². The van der Waals surface area contributed by atoms with Crippen molar-refractivity contribution in [3.63, 3.8) is 0 Å². The van der Waals surface area contributed by atoms with Crippen LogP contribution in [0.15, 0.2) is 12.2 Å². The molecular formula is C10H18O. The molecule has 0 aliphatic carbocycles. The smallest absolute Gasteiger partial charge is 0.0835 e. The molecule has 1 saturated heterocycles. The highest BCUT2D eigenvalue weighted by atomic mass is 16.6. The van der Waals surface area contributed by atoms with Crippen molar-refractivity contribution in [3.05, 3.63) is 12.2 Å². The van der Waals surface area contributed by atoms with Crippen LogP contribution in [0.5, 0.6) is 0 Å². The predicted molar refractivity (Wildman–Crippen MR) is 47.6 cm³/mol. The van der Waals surface area contributed by atoms with Crippen LogP contribution >= 0.6 is 0 Å². The highest BCUT2D eigenvalue weighted by Gasteiger charge is 2.28. The first-order valence-corrected chi connectivity index (χ1v) is 4.46. The Morgan fingerprint density at radius 3 is 2.82 bits per heavy atom. The van der Waals surface area contributed by atoms with Crippen LogP contribution in [-0.4, -0.2) is 12.7 Å². The van der Waals surface area contributed by atoms with Crippen molar-refractivity contribution in [1.82, 2.24) is 0 Å². The van der Waals surface area contributed by atoms with Crippen molar-refractivity contribution in [3.8, 4) is 0 Å². The maximum atomic E-state index is 5.21. The van der Waals surface area contributed by atoms with E-state index in [-0.39, 0.29) is 0 Å². The average Bonchev–Trinajstić information content (AvgIpc) is 2.66. The lowest BCUT2D eigenvalue weighted by molar-refractivity contribution is 0.327. The van der Waals surface area contributed by atoms with Crippen molar-refractivity contribution in [2.75, 3.05) is 6.61 Å². The van der Waals surface area contributed by atoms with Crippen molar-refractivity contribution >= 4 is 0 Å². The molecule has 0 spiro atoms. The summed E-state index contributed by atoms with van der Waals surface area (Å²) >= 11 is 0. The van der Waals surface area contributed by atoms with Crippen molar-refractivity contribution in [2.24, 2.45) is 5.92 Å². The summed E-state index contributed by atoms with van der Waals surface area (Å²) in [5, 5.41) is 0. The third-order valence-corrected chi connectivity index (χ3v) is 2.26. The summed E-state index contributed by atoms with van der Waals surface area (Å²) in [7, 11) is 0. The molecule has 64 valence electrons. The number of ether oxygens (including phenoxy) is 1. The summed E-state index contributed by atoms with van der Waals surface area (Å²) in [6, 6.07) is 0. The maximum absolute atomic E-state index is 5.21. The quantitative estimate of drug-likeness (QED) is 0.438. The van der Waals surface area contributed by atoms with Gasteiger partial charge in [-0.05, 0) is 32.1 Å². The fourth-order valence-corrected chi connectivity index (χ4v) is 1.30. The van der Waals surface area contributed by atoms with E-state index in [0.717, 1.165) is 12.5 Å². The van der Waals surface area contributed by atoms with Gasteiger partial charge < -0.3 is 4.74 Å². The van der Waals surface area contributed by atoms with Gasteiger partial charge in [-0.1, -0.05) is 12.5 Å². The largest absolute Gasteiger partial charge is 0.373 e. The van der Waals surface area contributed by atoms with E-state index < -0.39 is 0 Å². The third kappa shape index (κ3) is 3.57. The standard InChI is InChI=1S/C10H18O/c1-8(2)5-4-6-9(3)10-7-11-10/h9-10H,1,4-7H2,2-3H3. The average molecular weight is 154 g/mol. The minimum Gasteiger partial charge on any atom is -0.373 e. The summed E-state index contributed by atoms with van der Waals surface area (Å²) in [5.74, 6) is 0.759. The molecule has 2 unspecified atom stereocenters. The van der Waals surface area contributed by atoms with Crippen LogP contribution in [0.1, 0.15) is 33.1 Å². The zero-order valence-corrected chi connectivity index (χ0v) is 7.60. The molecule has 1 heteroatoms. The van der Waals surface area contributed by atoms with Gasteiger partial charge >= 0.3 is 0 Å². The van der Waals surface area contributed by atoms with E-state index in [9.17, 15) is 0 Å².